The molecule has 2 N–H and O–H groups in total. The van der Waals surface area contributed by atoms with E-state index >= 15 is 0 Å². The summed E-state index contributed by atoms with van der Waals surface area (Å²) in [4.78, 5) is 2.75. The maximum atomic E-state index is 12.2. The van der Waals surface area contributed by atoms with Gasteiger partial charge >= 0.3 is 0 Å². The smallest absolute Gasteiger partial charge is 0.187 e. The minimum atomic E-state index is -3.63. The molecule has 1 rings (SSSR count). The van der Waals surface area contributed by atoms with Crippen LogP contribution in [0.3, 0.4) is 0 Å². The van der Waals surface area contributed by atoms with Crippen molar-refractivity contribution in [3.05, 3.63) is 34.7 Å². The van der Waals surface area contributed by atoms with Gasteiger partial charge in [0.25, 0.3) is 0 Å². The van der Waals surface area contributed by atoms with Crippen LogP contribution in [-0.2, 0) is 9.84 Å². The van der Waals surface area contributed by atoms with E-state index in [2.05, 4.69) is 10.0 Å². The number of anilines is 1. The van der Waals surface area contributed by atoms with Gasteiger partial charge in [0.2, 0.25) is 0 Å². The number of nitrogens with zero attached hydrogens (tertiary/aromatic N) is 3. The molecule has 0 heterocycles. The molecule has 18 heavy (non-hydrogen) atoms. The Morgan fingerprint density at radius 2 is 2.00 bits per heavy atom. The van der Waals surface area contributed by atoms with Gasteiger partial charge in [0.1, 0.15) is 5.37 Å². The lowest BCUT2D eigenvalue weighted by Crippen LogP contribution is -2.18. The Bertz CT molecular complexity index is 533. The summed E-state index contributed by atoms with van der Waals surface area (Å²) in [7, 11) is -3.63. The van der Waals surface area contributed by atoms with Crippen LogP contribution in [0.4, 0.5) is 5.69 Å². The van der Waals surface area contributed by atoms with Gasteiger partial charge in [0.15, 0.2) is 9.84 Å². The third-order valence-corrected chi connectivity index (χ3v) is 4.53. The second kappa shape index (κ2) is 6.28. The average Bonchev–Trinajstić information content (AvgIpc) is 2.35. The van der Waals surface area contributed by atoms with Crippen molar-refractivity contribution in [2.24, 2.45) is 5.11 Å². The molecule has 0 fully saturated rings. The van der Waals surface area contributed by atoms with E-state index in [1.165, 1.54) is 24.3 Å². The van der Waals surface area contributed by atoms with E-state index in [4.69, 9.17) is 11.3 Å². The van der Waals surface area contributed by atoms with Crippen LogP contribution in [-0.4, -0.2) is 13.8 Å². The molecule has 0 aliphatic carbocycles. The van der Waals surface area contributed by atoms with Crippen molar-refractivity contribution in [3.8, 4) is 0 Å². The first-order valence-electron chi connectivity index (χ1n) is 5.66. The number of hydrogen-bond acceptors (Lipinski definition) is 4. The van der Waals surface area contributed by atoms with E-state index in [1.54, 1.807) is 0 Å². The molecular weight excluding hydrogens is 252 g/mol. The minimum absolute atomic E-state index is 0.130. The van der Waals surface area contributed by atoms with Crippen molar-refractivity contribution in [1.29, 1.82) is 0 Å². The first kappa shape index (κ1) is 14.3. The van der Waals surface area contributed by atoms with Crippen molar-refractivity contribution in [1.82, 2.24) is 0 Å². The lowest BCUT2D eigenvalue weighted by molar-refractivity contribution is 0.566. The Morgan fingerprint density at radius 1 is 1.39 bits per heavy atom. The number of hydrogen-bond donors (Lipinski definition) is 1. The number of rotatable bonds is 6. The molecule has 0 aromatic heterocycles. The van der Waals surface area contributed by atoms with Crippen molar-refractivity contribution >= 4 is 15.5 Å². The van der Waals surface area contributed by atoms with Gasteiger partial charge in [0.05, 0.1) is 4.90 Å². The molecule has 6 nitrogen and oxygen atoms in total. The summed E-state index contributed by atoms with van der Waals surface area (Å²) in [6.45, 7) is 1.95. The fourth-order valence-electron chi connectivity index (χ4n) is 1.53. The normalized spacial score (nSPS) is 12.7. The molecule has 0 radical (unpaired) electrons. The molecule has 98 valence electrons. The molecule has 7 heteroatoms. The topological polar surface area (TPSA) is 109 Å². The van der Waals surface area contributed by atoms with Gasteiger partial charge in [-0.05, 0) is 36.2 Å². The van der Waals surface area contributed by atoms with Crippen molar-refractivity contribution < 1.29 is 8.42 Å². The molecule has 0 saturated carbocycles. The SMILES string of the molecule is CCCCC(N=[N+]=[N-])S(=O)(=O)c1ccc(N)cc1. The molecule has 1 aromatic rings. The number of nitrogen functional groups attached to an aromatic ring is 1. The van der Waals surface area contributed by atoms with Crippen LogP contribution in [0.5, 0.6) is 0 Å². The Kier molecular flexibility index (Phi) is 5.00. The summed E-state index contributed by atoms with van der Waals surface area (Å²) < 4.78 is 24.5. The quantitative estimate of drug-likeness (QED) is 0.370. The maximum Gasteiger partial charge on any atom is 0.187 e. The molecular formula is C11H16N4O2S. The molecule has 0 amide bonds. The molecule has 1 unspecified atom stereocenters. The van der Waals surface area contributed by atoms with E-state index in [0.29, 0.717) is 18.5 Å². The number of unbranched alkanes of at least 4 members (excludes halogenated alkanes) is 1. The Morgan fingerprint density at radius 3 is 2.50 bits per heavy atom. The first-order chi connectivity index (χ1) is 8.52. The van der Waals surface area contributed by atoms with Crippen molar-refractivity contribution in [3.63, 3.8) is 0 Å². The standard InChI is InChI=1S/C11H16N4O2S/c1-2-3-4-11(14-15-13)18(16,17)10-7-5-9(12)6-8-10/h5-8,11H,2-4,12H2,1H3. The highest BCUT2D eigenvalue weighted by atomic mass is 32.2. The predicted molar refractivity (Wildman–Crippen MR) is 70.5 cm³/mol. The predicted octanol–water partition coefficient (Wildman–Crippen LogP) is 2.87. The van der Waals surface area contributed by atoms with Gasteiger partial charge in [-0.25, -0.2) is 8.42 Å². The van der Waals surface area contributed by atoms with Gasteiger partial charge in [-0.15, -0.1) is 0 Å². The molecule has 0 spiro atoms. The monoisotopic (exact) mass is 268 g/mol. The fourth-order valence-corrected chi connectivity index (χ4v) is 3.00. The van der Waals surface area contributed by atoms with Gasteiger partial charge < -0.3 is 5.73 Å². The van der Waals surface area contributed by atoms with E-state index in [1.807, 2.05) is 6.92 Å². The van der Waals surface area contributed by atoms with Gasteiger partial charge in [-0.1, -0.05) is 24.9 Å². The summed E-state index contributed by atoms with van der Waals surface area (Å²) in [6, 6.07) is 5.88. The molecule has 1 atom stereocenters. The third-order valence-electron chi connectivity index (χ3n) is 2.55. The molecule has 0 saturated heterocycles. The molecule has 0 aliphatic rings. The summed E-state index contributed by atoms with van der Waals surface area (Å²) in [5.74, 6) is 0. The van der Waals surface area contributed by atoms with E-state index in [0.717, 1.165) is 6.42 Å². The highest BCUT2D eigenvalue weighted by Gasteiger charge is 2.25. The van der Waals surface area contributed by atoms with Crippen LogP contribution in [0.1, 0.15) is 26.2 Å². The zero-order valence-corrected chi connectivity index (χ0v) is 11.0. The summed E-state index contributed by atoms with van der Waals surface area (Å²) in [6.07, 6.45) is 1.86. The average molecular weight is 268 g/mol. The highest BCUT2D eigenvalue weighted by molar-refractivity contribution is 7.92. The maximum absolute atomic E-state index is 12.2. The van der Waals surface area contributed by atoms with Crippen LogP contribution in [0, 0.1) is 0 Å². The number of benzene rings is 1. The minimum Gasteiger partial charge on any atom is -0.399 e. The van der Waals surface area contributed by atoms with Crippen LogP contribution in [0.25, 0.3) is 10.4 Å². The Balaban J connectivity index is 3.08. The first-order valence-corrected chi connectivity index (χ1v) is 7.20. The lowest BCUT2D eigenvalue weighted by Gasteiger charge is -2.12. The highest BCUT2D eigenvalue weighted by Crippen LogP contribution is 2.22. The number of azide groups is 1. The summed E-state index contributed by atoms with van der Waals surface area (Å²) in [5.41, 5.74) is 14.5. The largest absolute Gasteiger partial charge is 0.399 e. The molecule has 0 bridgehead atoms. The number of nitrogens with two attached hydrogens (primary N) is 1. The third kappa shape index (κ3) is 3.38. The van der Waals surface area contributed by atoms with Gasteiger partial charge in [-0.2, -0.15) is 0 Å². The van der Waals surface area contributed by atoms with Crippen LogP contribution >= 0.6 is 0 Å². The van der Waals surface area contributed by atoms with Gasteiger partial charge in [0, 0.05) is 10.6 Å². The van der Waals surface area contributed by atoms with E-state index < -0.39 is 15.2 Å². The second-order valence-corrected chi connectivity index (χ2v) is 6.02. The Labute approximate surface area is 106 Å². The second-order valence-electron chi connectivity index (χ2n) is 3.92. The molecule has 1 aromatic carbocycles. The lowest BCUT2D eigenvalue weighted by atomic mass is 10.2. The zero-order valence-electron chi connectivity index (χ0n) is 10.2. The fraction of sp³-hybridized carbons (Fsp3) is 0.455. The van der Waals surface area contributed by atoms with Crippen LogP contribution < -0.4 is 5.73 Å². The van der Waals surface area contributed by atoms with E-state index in [9.17, 15) is 8.42 Å². The number of sulfone groups is 1. The van der Waals surface area contributed by atoms with Gasteiger partial charge in [-0.3, -0.25) is 0 Å². The summed E-state index contributed by atoms with van der Waals surface area (Å²) >= 11 is 0. The van der Waals surface area contributed by atoms with Crippen molar-refractivity contribution in [2.75, 3.05) is 5.73 Å². The van der Waals surface area contributed by atoms with Crippen LogP contribution in [0.15, 0.2) is 34.3 Å². The molecule has 0 aliphatic heterocycles. The summed E-state index contributed by atoms with van der Waals surface area (Å²) in [5, 5.41) is 2.34. The van der Waals surface area contributed by atoms with E-state index in [-0.39, 0.29) is 4.90 Å². The van der Waals surface area contributed by atoms with Crippen molar-refractivity contribution in [2.45, 2.75) is 36.5 Å². The van der Waals surface area contributed by atoms with Crippen LogP contribution in [0.2, 0.25) is 0 Å². The zero-order chi connectivity index (χ0) is 13.6. The Hall–Kier alpha value is -1.72.